The summed E-state index contributed by atoms with van der Waals surface area (Å²) in [7, 11) is 0. The highest BCUT2D eigenvalue weighted by molar-refractivity contribution is 6.36. The van der Waals surface area contributed by atoms with Crippen LogP contribution >= 0.6 is 23.2 Å². The summed E-state index contributed by atoms with van der Waals surface area (Å²) in [4.78, 5) is 12.2. The molecule has 3 nitrogen and oxygen atoms in total. The Bertz CT molecular complexity index is 656. The van der Waals surface area contributed by atoms with Crippen molar-refractivity contribution in [1.29, 1.82) is 0 Å². The molecule has 0 spiro atoms. The van der Waals surface area contributed by atoms with Crippen LogP contribution in [0.15, 0.2) is 36.4 Å². The Balaban J connectivity index is 2.30. The average Bonchev–Trinajstić information content (AvgIpc) is 2.43. The number of carbonyl (C=O) groups is 1. The maximum Gasteiger partial charge on any atom is 0.257 e. The molecule has 0 heterocycles. The third-order valence-electron chi connectivity index (χ3n) is 2.91. The van der Waals surface area contributed by atoms with Gasteiger partial charge in [0, 0.05) is 10.7 Å². The zero-order chi connectivity index (χ0) is 14.7. The molecule has 104 valence electrons. The summed E-state index contributed by atoms with van der Waals surface area (Å²) in [5.74, 6) is -0.337. The molecule has 20 heavy (non-hydrogen) atoms. The fourth-order valence-corrected chi connectivity index (χ4v) is 2.14. The summed E-state index contributed by atoms with van der Waals surface area (Å²) in [6.07, 6.45) is 0. The van der Waals surface area contributed by atoms with Crippen molar-refractivity contribution in [3.8, 4) is 0 Å². The van der Waals surface area contributed by atoms with Crippen LogP contribution in [0, 0.1) is 6.92 Å². The number of rotatable bonds is 3. The van der Waals surface area contributed by atoms with Crippen molar-refractivity contribution in [1.82, 2.24) is 0 Å². The highest BCUT2D eigenvalue weighted by Gasteiger charge is 2.12. The predicted molar refractivity (Wildman–Crippen MR) is 81.5 cm³/mol. The number of amides is 1. The molecule has 2 aromatic carbocycles. The Kier molecular flexibility index (Phi) is 4.65. The van der Waals surface area contributed by atoms with Crippen LogP contribution in [0.25, 0.3) is 0 Å². The molecule has 2 N–H and O–H groups in total. The van der Waals surface area contributed by atoms with Gasteiger partial charge in [0.05, 0.1) is 17.2 Å². The van der Waals surface area contributed by atoms with E-state index in [-0.39, 0.29) is 12.5 Å². The van der Waals surface area contributed by atoms with Gasteiger partial charge in [0.1, 0.15) is 0 Å². The van der Waals surface area contributed by atoms with E-state index in [1.54, 1.807) is 24.3 Å². The molecular formula is C15H13Cl2NO2. The van der Waals surface area contributed by atoms with Crippen LogP contribution in [0.4, 0.5) is 5.69 Å². The van der Waals surface area contributed by atoms with Gasteiger partial charge in [0.15, 0.2) is 0 Å². The third-order valence-corrected chi connectivity index (χ3v) is 3.47. The number of aliphatic hydroxyl groups excluding tert-OH is 1. The van der Waals surface area contributed by atoms with E-state index < -0.39 is 0 Å². The largest absolute Gasteiger partial charge is 0.392 e. The lowest BCUT2D eigenvalue weighted by molar-refractivity contribution is 0.102. The first kappa shape index (κ1) is 14.9. The SMILES string of the molecule is Cc1ccc(CO)cc1NC(=O)c1cc(Cl)ccc1Cl. The second-order valence-corrected chi connectivity index (χ2v) is 5.23. The number of aryl methyl sites for hydroxylation is 1. The Morgan fingerprint density at radius 2 is 1.95 bits per heavy atom. The number of hydrogen-bond acceptors (Lipinski definition) is 2. The number of hydrogen-bond donors (Lipinski definition) is 2. The fourth-order valence-electron chi connectivity index (χ4n) is 1.76. The highest BCUT2D eigenvalue weighted by Crippen LogP contribution is 2.23. The number of anilines is 1. The molecule has 0 saturated carbocycles. The quantitative estimate of drug-likeness (QED) is 0.898. The minimum atomic E-state index is -0.337. The molecule has 5 heteroatoms. The van der Waals surface area contributed by atoms with Crippen molar-refractivity contribution >= 4 is 34.8 Å². The van der Waals surface area contributed by atoms with Crippen LogP contribution in [-0.2, 0) is 6.61 Å². The molecule has 0 aliphatic rings. The van der Waals surface area contributed by atoms with Gasteiger partial charge in [0.25, 0.3) is 5.91 Å². The van der Waals surface area contributed by atoms with Gasteiger partial charge in [-0.1, -0.05) is 35.3 Å². The van der Waals surface area contributed by atoms with Crippen molar-refractivity contribution in [2.24, 2.45) is 0 Å². The Labute approximate surface area is 127 Å². The third kappa shape index (κ3) is 3.31. The van der Waals surface area contributed by atoms with Crippen LogP contribution in [0.1, 0.15) is 21.5 Å². The van der Waals surface area contributed by atoms with Gasteiger partial charge in [-0.15, -0.1) is 0 Å². The van der Waals surface area contributed by atoms with Gasteiger partial charge in [-0.2, -0.15) is 0 Å². The topological polar surface area (TPSA) is 49.3 Å². The molecule has 0 unspecified atom stereocenters. The monoisotopic (exact) mass is 309 g/mol. The molecule has 0 aromatic heterocycles. The minimum absolute atomic E-state index is 0.0823. The highest BCUT2D eigenvalue weighted by atomic mass is 35.5. The fraction of sp³-hybridized carbons (Fsp3) is 0.133. The first-order valence-corrected chi connectivity index (χ1v) is 6.73. The van der Waals surface area contributed by atoms with Gasteiger partial charge >= 0.3 is 0 Å². The molecule has 0 atom stereocenters. The van der Waals surface area contributed by atoms with Crippen molar-refractivity contribution in [2.75, 3.05) is 5.32 Å². The number of nitrogens with one attached hydrogen (secondary N) is 1. The van der Waals surface area contributed by atoms with E-state index in [9.17, 15) is 4.79 Å². The Morgan fingerprint density at radius 3 is 2.65 bits per heavy atom. The molecular weight excluding hydrogens is 297 g/mol. The minimum Gasteiger partial charge on any atom is -0.392 e. The summed E-state index contributed by atoms with van der Waals surface area (Å²) in [6, 6.07) is 10.1. The first-order valence-electron chi connectivity index (χ1n) is 5.98. The number of aliphatic hydroxyl groups is 1. The molecule has 0 aliphatic heterocycles. The van der Waals surface area contributed by atoms with Crippen molar-refractivity contribution in [3.05, 3.63) is 63.1 Å². The van der Waals surface area contributed by atoms with Crippen molar-refractivity contribution in [2.45, 2.75) is 13.5 Å². The average molecular weight is 310 g/mol. The predicted octanol–water partition coefficient (Wildman–Crippen LogP) is 4.05. The van der Waals surface area contributed by atoms with E-state index in [0.29, 0.717) is 21.3 Å². The summed E-state index contributed by atoms with van der Waals surface area (Å²) < 4.78 is 0. The summed E-state index contributed by atoms with van der Waals surface area (Å²) in [5, 5.41) is 12.7. The zero-order valence-corrected chi connectivity index (χ0v) is 12.3. The van der Waals surface area contributed by atoms with Crippen molar-refractivity contribution in [3.63, 3.8) is 0 Å². The Hall–Kier alpha value is -1.55. The second-order valence-electron chi connectivity index (χ2n) is 4.39. The van der Waals surface area contributed by atoms with Gasteiger partial charge in [-0.05, 0) is 42.3 Å². The molecule has 0 fully saturated rings. The lowest BCUT2D eigenvalue weighted by atomic mass is 10.1. The Morgan fingerprint density at radius 1 is 1.20 bits per heavy atom. The number of benzene rings is 2. The van der Waals surface area contributed by atoms with Gasteiger partial charge in [-0.3, -0.25) is 4.79 Å². The molecule has 0 saturated heterocycles. The lowest BCUT2D eigenvalue weighted by Gasteiger charge is -2.11. The lowest BCUT2D eigenvalue weighted by Crippen LogP contribution is -2.13. The van der Waals surface area contributed by atoms with E-state index >= 15 is 0 Å². The van der Waals surface area contributed by atoms with E-state index in [4.69, 9.17) is 28.3 Å². The van der Waals surface area contributed by atoms with E-state index in [1.807, 2.05) is 13.0 Å². The van der Waals surface area contributed by atoms with E-state index in [2.05, 4.69) is 5.32 Å². The second kappa shape index (κ2) is 6.27. The first-order chi connectivity index (χ1) is 9.51. The van der Waals surface area contributed by atoms with Gasteiger partial charge in [0.2, 0.25) is 0 Å². The molecule has 0 radical (unpaired) electrons. The number of carbonyl (C=O) groups excluding carboxylic acids is 1. The maximum atomic E-state index is 12.2. The van der Waals surface area contributed by atoms with Gasteiger partial charge in [-0.25, -0.2) is 0 Å². The maximum absolute atomic E-state index is 12.2. The summed E-state index contributed by atoms with van der Waals surface area (Å²) in [6.45, 7) is 1.79. The smallest absolute Gasteiger partial charge is 0.257 e. The summed E-state index contributed by atoms with van der Waals surface area (Å²) in [5.41, 5.74) is 2.57. The van der Waals surface area contributed by atoms with Gasteiger partial charge < -0.3 is 10.4 Å². The normalized spacial score (nSPS) is 10.4. The van der Waals surface area contributed by atoms with Crippen LogP contribution in [0.2, 0.25) is 10.0 Å². The molecule has 1 amide bonds. The standard InChI is InChI=1S/C15H13Cl2NO2/c1-9-2-3-10(8-19)6-14(9)18-15(20)12-7-11(16)4-5-13(12)17/h2-7,19H,8H2,1H3,(H,18,20). The van der Waals surface area contributed by atoms with Crippen LogP contribution in [0.3, 0.4) is 0 Å². The molecule has 0 bridgehead atoms. The van der Waals surface area contributed by atoms with Crippen molar-refractivity contribution < 1.29 is 9.90 Å². The van der Waals surface area contributed by atoms with Crippen LogP contribution in [-0.4, -0.2) is 11.0 Å². The number of halogens is 2. The van der Waals surface area contributed by atoms with E-state index in [0.717, 1.165) is 11.1 Å². The van der Waals surface area contributed by atoms with E-state index in [1.165, 1.54) is 6.07 Å². The molecule has 2 aromatic rings. The summed E-state index contributed by atoms with van der Waals surface area (Å²) >= 11 is 11.9. The molecule has 0 aliphatic carbocycles. The van der Waals surface area contributed by atoms with Crippen LogP contribution < -0.4 is 5.32 Å². The molecule has 2 rings (SSSR count). The van der Waals surface area contributed by atoms with Crippen LogP contribution in [0.5, 0.6) is 0 Å². The zero-order valence-electron chi connectivity index (χ0n) is 10.8.